The Morgan fingerprint density at radius 1 is 1.53 bits per heavy atom. The van der Waals surface area contributed by atoms with Gasteiger partial charge in [-0.3, -0.25) is 0 Å². The van der Waals surface area contributed by atoms with E-state index in [4.69, 9.17) is 9.47 Å². The van der Waals surface area contributed by atoms with Gasteiger partial charge < -0.3 is 14.6 Å². The monoisotopic (exact) mass is 268 g/mol. The lowest BCUT2D eigenvalue weighted by molar-refractivity contribution is 0.0911. The van der Waals surface area contributed by atoms with Crippen LogP contribution in [0.4, 0.5) is 0 Å². The number of hydrogen-bond acceptors (Lipinski definition) is 3. The molecule has 1 rings (SSSR count). The highest BCUT2D eigenvalue weighted by molar-refractivity contribution is 5.02. The van der Waals surface area contributed by atoms with Crippen LogP contribution in [0.25, 0.3) is 0 Å². The molecule has 0 aromatic heterocycles. The molecule has 0 aromatic rings. The second kappa shape index (κ2) is 9.29. The third-order valence-electron chi connectivity index (χ3n) is 3.21. The van der Waals surface area contributed by atoms with Crippen LogP contribution in [-0.2, 0) is 9.47 Å². The quantitative estimate of drug-likeness (QED) is 0.516. The summed E-state index contributed by atoms with van der Waals surface area (Å²) in [6.07, 6.45) is 7.41. The van der Waals surface area contributed by atoms with E-state index in [-0.39, 0.29) is 12.2 Å². The zero-order chi connectivity index (χ0) is 14.1. The molecule has 0 amide bonds. The summed E-state index contributed by atoms with van der Waals surface area (Å²) in [5, 5.41) is 9.89. The molecule has 1 aliphatic rings. The average Bonchev–Trinajstić information content (AvgIpc) is 2.80. The molecule has 110 valence electrons. The van der Waals surface area contributed by atoms with Crippen molar-refractivity contribution in [3.05, 3.63) is 24.3 Å². The highest BCUT2D eigenvalue weighted by Gasteiger charge is 2.18. The van der Waals surface area contributed by atoms with Crippen molar-refractivity contribution in [2.75, 3.05) is 19.8 Å². The fourth-order valence-corrected chi connectivity index (χ4v) is 2.10. The molecule has 3 heteroatoms. The predicted octanol–water partition coefficient (Wildman–Crippen LogP) is 3.09. The van der Waals surface area contributed by atoms with Crippen LogP contribution in [0.15, 0.2) is 24.3 Å². The normalized spacial score (nSPS) is 23.1. The molecule has 1 fully saturated rings. The SMILES string of the molecule is C=C1COC(CCC(O)/C=C/C(C)COCCC)C1. The van der Waals surface area contributed by atoms with Gasteiger partial charge >= 0.3 is 0 Å². The Balaban J connectivity index is 2.11. The smallest absolute Gasteiger partial charge is 0.0722 e. The highest BCUT2D eigenvalue weighted by atomic mass is 16.5. The van der Waals surface area contributed by atoms with Gasteiger partial charge in [-0.15, -0.1) is 0 Å². The van der Waals surface area contributed by atoms with Gasteiger partial charge in [0.2, 0.25) is 0 Å². The lowest BCUT2D eigenvalue weighted by Crippen LogP contribution is -2.11. The summed E-state index contributed by atoms with van der Waals surface area (Å²) in [7, 11) is 0. The van der Waals surface area contributed by atoms with Crippen LogP contribution in [0, 0.1) is 5.92 Å². The second-order valence-corrected chi connectivity index (χ2v) is 5.47. The lowest BCUT2D eigenvalue weighted by atomic mass is 10.0. The number of aliphatic hydroxyl groups excluding tert-OH is 1. The van der Waals surface area contributed by atoms with Gasteiger partial charge in [0, 0.05) is 6.61 Å². The molecule has 1 saturated heterocycles. The van der Waals surface area contributed by atoms with E-state index in [0.717, 1.165) is 44.5 Å². The summed E-state index contributed by atoms with van der Waals surface area (Å²) in [6, 6.07) is 0. The standard InChI is InChI=1S/C16H28O3/c1-4-9-18-11-13(2)5-6-15(17)7-8-16-10-14(3)12-19-16/h5-6,13,15-17H,3-4,7-12H2,1-2H3/b6-5+. The van der Waals surface area contributed by atoms with Gasteiger partial charge in [-0.1, -0.05) is 32.6 Å². The van der Waals surface area contributed by atoms with Crippen molar-refractivity contribution >= 4 is 0 Å². The van der Waals surface area contributed by atoms with Gasteiger partial charge in [0.05, 0.1) is 25.4 Å². The summed E-state index contributed by atoms with van der Waals surface area (Å²) in [6.45, 7) is 10.3. The maximum Gasteiger partial charge on any atom is 0.0722 e. The van der Waals surface area contributed by atoms with Crippen LogP contribution in [0.1, 0.15) is 39.5 Å². The van der Waals surface area contributed by atoms with E-state index in [1.165, 1.54) is 0 Å². The summed E-state index contributed by atoms with van der Waals surface area (Å²) in [4.78, 5) is 0. The molecule has 0 saturated carbocycles. The molecule has 0 spiro atoms. The van der Waals surface area contributed by atoms with Crippen molar-refractivity contribution in [3.8, 4) is 0 Å². The second-order valence-electron chi connectivity index (χ2n) is 5.47. The minimum atomic E-state index is -0.383. The highest BCUT2D eigenvalue weighted by Crippen LogP contribution is 2.21. The predicted molar refractivity (Wildman–Crippen MR) is 78.2 cm³/mol. The first-order valence-electron chi connectivity index (χ1n) is 7.34. The Bertz CT molecular complexity index is 286. The third kappa shape index (κ3) is 7.51. The Morgan fingerprint density at radius 3 is 2.95 bits per heavy atom. The van der Waals surface area contributed by atoms with E-state index in [2.05, 4.69) is 20.4 Å². The van der Waals surface area contributed by atoms with Crippen molar-refractivity contribution in [2.24, 2.45) is 5.92 Å². The largest absolute Gasteiger partial charge is 0.389 e. The Kier molecular flexibility index (Phi) is 8.03. The summed E-state index contributed by atoms with van der Waals surface area (Å²) < 4.78 is 11.0. The first-order chi connectivity index (χ1) is 9.11. The van der Waals surface area contributed by atoms with Gasteiger partial charge in [-0.2, -0.15) is 0 Å². The molecular formula is C16H28O3. The van der Waals surface area contributed by atoms with E-state index in [1.807, 2.05) is 12.2 Å². The molecule has 0 radical (unpaired) electrons. The summed E-state index contributed by atoms with van der Waals surface area (Å²) >= 11 is 0. The zero-order valence-corrected chi connectivity index (χ0v) is 12.3. The van der Waals surface area contributed by atoms with Crippen molar-refractivity contribution in [1.29, 1.82) is 0 Å². The first kappa shape index (κ1) is 16.4. The van der Waals surface area contributed by atoms with Crippen LogP contribution in [-0.4, -0.2) is 37.1 Å². The third-order valence-corrected chi connectivity index (χ3v) is 3.21. The molecule has 3 atom stereocenters. The molecular weight excluding hydrogens is 240 g/mol. The van der Waals surface area contributed by atoms with Crippen molar-refractivity contribution in [2.45, 2.75) is 51.7 Å². The van der Waals surface area contributed by atoms with E-state index < -0.39 is 0 Å². The fourth-order valence-electron chi connectivity index (χ4n) is 2.10. The Morgan fingerprint density at radius 2 is 2.32 bits per heavy atom. The molecule has 19 heavy (non-hydrogen) atoms. The van der Waals surface area contributed by atoms with Crippen molar-refractivity contribution in [3.63, 3.8) is 0 Å². The molecule has 1 N–H and O–H groups in total. The van der Waals surface area contributed by atoms with Crippen LogP contribution in [0.3, 0.4) is 0 Å². The van der Waals surface area contributed by atoms with Crippen LogP contribution < -0.4 is 0 Å². The van der Waals surface area contributed by atoms with E-state index in [9.17, 15) is 5.11 Å². The number of ether oxygens (including phenoxy) is 2. The Hall–Kier alpha value is -0.640. The minimum Gasteiger partial charge on any atom is -0.389 e. The molecule has 3 nitrogen and oxygen atoms in total. The van der Waals surface area contributed by atoms with Gasteiger partial charge in [-0.05, 0) is 37.2 Å². The molecule has 0 aromatic carbocycles. The fraction of sp³-hybridized carbons (Fsp3) is 0.750. The number of hydrogen-bond donors (Lipinski definition) is 1. The van der Waals surface area contributed by atoms with Gasteiger partial charge in [-0.25, -0.2) is 0 Å². The van der Waals surface area contributed by atoms with Gasteiger partial charge in [0.15, 0.2) is 0 Å². The maximum atomic E-state index is 9.89. The van der Waals surface area contributed by atoms with Crippen LogP contribution in [0.5, 0.6) is 0 Å². The maximum absolute atomic E-state index is 9.89. The average molecular weight is 268 g/mol. The van der Waals surface area contributed by atoms with Gasteiger partial charge in [0.1, 0.15) is 0 Å². The van der Waals surface area contributed by atoms with Crippen LogP contribution in [0.2, 0.25) is 0 Å². The molecule has 1 aliphatic heterocycles. The summed E-state index contributed by atoms with van der Waals surface area (Å²) in [5.41, 5.74) is 1.16. The molecule has 1 heterocycles. The summed E-state index contributed by atoms with van der Waals surface area (Å²) in [5.74, 6) is 0.351. The van der Waals surface area contributed by atoms with E-state index in [0.29, 0.717) is 12.5 Å². The molecule has 3 unspecified atom stereocenters. The van der Waals surface area contributed by atoms with E-state index >= 15 is 0 Å². The van der Waals surface area contributed by atoms with Crippen LogP contribution >= 0.6 is 0 Å². The van der Waals surface area contributed by atoms with Crippen molar-refractivity contribution in [1.82, 2.24) is 0 Å². The molecule has 0 aliphatic carbocycles. The minimum absolute atomic E-state index is 0.251. The Labute approximate surface area is 117 Å². The van der Waals surface area contributed by atoms with Crippen molar-refractivity contribution < 1.29 is 14.6 Å². The van der Waals surface area contributed by atoms with Gasteiger partial charge in [0.25, 0.3) is 0 Å². The lowest BCUT2D eigenvalue weighted by Gasteiger charge is -2.12. The first-order valence-corrected chi connectivity index (χ1v) is 7.34. The zero-order valence-electron chi connectivity index (χ0n) is 12.3. The number of rotatable bonds is 9. The van der Waals surface area contributed by atoms with E-state index in [1.54, 1.807) is 0 Å². The topological polar surface area (TPSA) is 38.7 Å². The number of aliphatic hydroxyl groups is 1. The molecule has 0 bridgehead atoms.